The summed E-state index contributed by atoms with van der Waals surface area (Å²) in [6.45, 7) is 0.675. The van der Waals surface area contributed by atoms with Crippen molar-refractivity contribution in [2.24, 2.45) is 11.8 Å². The molecule has 1 heterocycles. The lowest BCUT2D eigenvalue weighted by molar-refractivity contribution is -0.131. The van der Waals surface area contributed by atoms with Gasteiger partial charge in [-0.25, -0.2) is 8.78 Å². The number of benzene rings is 1. The molecule has 2 fully saturated rings. The van der Waals surface area contributed by atoms with Gasteiger partial charge in [-0.2, -0.15) is 0 Å². The van der Waals surface area contributed by atoms with E-state index in [9.17, 15) is 18.4 Å². The first kappa shape index (κ1) is 15.9. The van der Waals surface area contributed by atoms with Crippen LogP contribution in [-0.4, -0.2) is 36.3 Å². The summed E-state index contributed by atoms with van der Waals surface area (Å²) in [4.78, 5) is 25.5. The van der Waals surface area contributed by atoms with Crippen LogP contribution in [0.15, 0.2) is 18.2 Å². The fourth-order valence-electron chi connectivity index (χ4n) is 3.71. The second-order valence-corrected chi connectivity index (χ2v) is 6.57. The molecule has 0 bridgehead atoms. The zero-order chi connectivity index (χ0) is 16.6. The molecule has 6 heteroatoms. The molecule has 1 aromatic rings. The normalized spacial score (nSPS) is 26.6. The van der Waals surface area contributed by atoms with Crippen molar-refractivity contribution in [3.63, 3.8) is 0 Å². The van der Waals surface area contributed by atoms with Gasteiger partial charge in [-0.05, 0) is 36.3 Å². The Morgan fingerprint density at radius 1 is 1.30 bits per heavy atom. The summed E-state index contributed by atoms with van der Waals surface area (Å²) < 4.78 is 26.6. The van der Waals surface area contributed by atoms with Crippen molar-refractivity contribution < 1.29 is 18.4 Å². The van der Waals surface area contributed by atoms with Gasteiger partial charge in [0.2, 0.25) is 11.8 Å². The Kier molecular flexibility index (Phi) is 4.33. The van der Waals surface area contributed by atoms with E-state index in [2.05, 4.69) is 5.32 Å². The number of amides is 2. The van der Waals surface area contributed by atoms with Crippen LogP contribution in [0.5, 0.6) is 0 Å². The highest BCUT2D eigenvalue weighted by Gasteiger charge is 2.40. The van der Waals surface area contributed by atoms with Crippen molar-refractivity contribution in [1.29, 1.82) is 0 Å². The summed E-state index contributed by atoms with van der Waals surface area (Å²) >= 11 is 0. The van der Waals surface area contributed by atoms with Crippen molar-refractivity contribution in [2.75, 3.05) is 13.6 Å². The van der Waals surface area contributed by atoms with Crippen LogP contribution in [0, 0.1) is 23.5 Å². The number of likely N-dealkylation sites (N-methyl/N-ethyl adjacent to an activating group) is 1. The molecule has 3 rings (SSSR count). The maximum absolute atomic E-state index is 13.7. The highest BCUT2D eigenvalue weighted by atomic mass is 19.1. The van der Waals surface area contributed by atoms with Gasteiger partial charge in [0.25, 0.3) is 0 Å². The first-order chi connectivity index (χ1) is 10.9. The van der Waals surface area contributed by atoms with Gasteiger partial charge in [-0.3, -0.25) is 9.59 Å². The summed E-state index contributed by atoms with van der Waals surface area (Å²) in [6.07, 6.45) is 2.12. The summed E-state index contributed by atoms with van der Waals surface area (Å²) in [6, 6.07) is 3.35. The smallest absolute Gasteiger partial charge is 0.227 e. The molecule has 1 saturated carbocycles. The minimum atomic E-state index is -0.693. The van der Waals surface area contributed by atoms with Gasteiger partial charge in [-0.1, -0.05) is 6.07 Å². The molecule has 1 aromatic carbocycles. The van der Waals surface area contributed by atoms with E-state index >= 15 is 0 Å². The molecule has 1 N–H and O–H groups in total. The van der Waals surface area contributed by atoms with E-state index in [1.165, 1.54) is 6.07 Å². The monoisotopic (exact) mass is 322 g/mol. The molecule has 0 unspecified atom stereocenters. The predicted molar refractivity (Wildman–Crippen MR) is 80.5 cm³/mol. The minimum Gasteiger partial charge on any atom is -0.356 e. The van der Waals surface area contributed by atoms with Gasteiger partial charge in [0.1, 0.15) is 11.6 Å². The van der Waals surface area contributed by atoms with Crippen molar-refractivity contribution >= 4 is 11.8 Å². The number of carbonyl (C=O) groups is 2. The number of nitrogens with one attached hydrogen (secondary N) is 1. The summed E-state index contributed by atoms with van der Waals surface area (Å²) in [5.41, 5.74) is 0.204. The van der Waals surface area contributed by atoms with Crippen molar-refractivity contribution in [3.05, 3.63) is 35.4 Å². The molecule has 1 aliphatic heterocycles. The molecule has 1 saturated heterocycles. The molecule has 23 heavy (non-hydrogen) atoms. The molecule has 0 spiro atoms. The topological polar surface area (TPSA) is 49.4 Å². The van der Waals surface area contributed by atoms with Gasteiger partial charge in [0.15, 0.2) is 0 Å². The lowest BCUT2D eigenvalue weighted by atomic mass is 9.89. The van der Waals surface area contributed by atoms with Crippen LogP contribution in [0.3, 0.4) is 0 Å². The quantitative estimate of drug-likeness (QED) is 0.924. The third kappa shape index (κ3) is 3.35. The molecule has 2 amide bonds. The third-order valence-corrected chi connectivity index (χ3v) is 5.12. The van der Waals surface area contributed by atoms with Crippen molar-refractivity contribution in [2.45, 2.75) is 31.7 Å². The van der Waals surface area contributed by atoms with Gasteiger partial charge in [0, 0.05) is 32.1 Å². The van der Waals surface area contributed by atoms with E-state index in [1.807, 2.05) is 0 Å². The molecule has 0 aromatic heterocycles. The first-order valence-corrected chi connectivity index (χ1v) is 7.90. The lowest BCUT2D eigenvalue weighted by Gasteiger charge is -2.25. The van der Waals surface area contributed by atoms with E-state index in [1.54, 1.807) is 11.9 Å². The number of nitrogens with zero attached hydrogens (tertiary/aromatic N) is 1. The Morgan fingerprint density at radius 2 is 2.04 bits per heavy atom. The standard InChI is InChI=1S/C17H20F2N2O2/c1-21(14-4-11-6-16(22)20-9-12(11)5-14)17(23)7-10-2-3-13(18)8-15(10)19/h2-3,8,11-12,14H,4-7,9H2,1H3,(H,20,22)/t11-,12+,14-/m0/s1. The molecular weight excluding hydrogens is 302 g/mol. The van der Waals surface area contributed by atoms with Crippen LogP contribution in [-0.2, 0) is 16.0 Å². The van der Waals surface area contributed by atoms with E-state index in [0.717, 1.165) is 25.0 Å². The number of hydrogen-bond donors (Lipinski definition) is 1. The number of fused-ring (bicyclic) bond motifs is 1. The van der Waals surface area contributed by atoms with Crippen LogP contribution >= 0.6 is 0 Å². The Balaban J connectivity index is 1.62. The van der Waals surface area contributed by atoms with Crippen LogP contribution in [0.1, 0.15) is 24.8 Å². The molecule has 1 aliphatic carbocycles. The molecule has 124 valence electrons. The molecule has 0 radical (unpaired) electrons. The zero-order valence-electron chi connectivity index (χ0n) is 13.0. The van der Waals surface area contributed by atoms with Gasteiger partial charge >= 0.3 is 0 Å². The second kappa shape index (κ2) is 6.26. The van der Waals surface area contributed by atoms with E-state index < -0.39 is 11.6 Å². The average Bonchev–Trinajstić information content (AvgIpc) is 2.92. The summed E-state index contributed by atoms with van der Waals surface area (Å²) in [5, 5.41) is 2.87. The molecular formula is C17H20F2N2O2. The van der Waals surface area contributed by atoms with Crippen molar-refractivity contribution in [3.8, 4) is 0 Å². The largest absolute Gasteiger partial charge is 0.356 e. The van der Waals surface area contributed by atoms with Crippen molar-refractivity contribution in [1.82, 2.24) is 10.2 Å². The SMILES string of the molecule is CN(C(=O)Cc1ccc(F)cc1F)[C@H]1C[C@H]2CC(=O)NC[C@H]2C1. The van der Waals surface area contributed by atoms with Crippen LogP contribution < -0.4 is 5.32 Å². The predicted octanol–water partition coefficient (Wildman–Crippen LogP) is 1.88. The van der Waals surface area contributed by atoms with Gasteiger partial charge in [-0.15, -0.1) is 0 Å². The van der Waals surface area contributed by atoms with Crippen LogP contribution in [0.25, 0.3) is 0 Å². The number of rotatable bonds is 3. The summed E-state index contributed by atoms with van der Waals surface area (Å²) in [7, 11) is 1.72. The van der Waals surface area contributed by atoms with Gasteiger partial charge in [0.05, 0.1) is 6.42 Å². The maximum Gasteiger partial charge on any atom is 0.227 e. The lowest BCUT2D eigenvalue weighted by Crippen LogP contribution is -2.38. The Morgan fingerprint density at radius 3 is 2.78 bits per heavy atom. The molecule has 2 aliphatic rings. The zero-order valence-corrected chi connectivity index (χ0v) is 13.0. The second-order valence-electron chi connectivity index (χ2n) is 6.57. The van der Waals surface area contributed by atoms with Gasteiger partial charge < -0.3 is 10.2 Å². The van der Waals surface area contributed by atoms with Crippen LogP contribution in [0.2, 0.25) is 0 Å². The average molecular weight is 322 g/mol. The number of piperidine rings is 1. The fourth-order valence-corrected chi connectivity index (χ4v) is 3.71. The highest BCUT2D eigenvalue weighted by Crippen LogP contribution is 2.38. The fraction of sp³-hybridized carbons (Fsp3) is 0.529. The van der Waals surface area contributed by atoms with E-state index in [4.69, 9.17) is 0 Å². The minimum absolute atomic E-state index is 0.0775. The van der Waals surface area contributed by atoms with E-state index in [-0.39, 0.29) is 29.8 Å². The number of hydrogen-bond acceptors (Lipinski definition) is 2. The Labute approximate surface area is 133 Å². The third-order valence-electron chi connectivity index (χ3n) is 5.12. The number of halogens is 2. The van der Waals surface area contributed by atoms with E-state index in [0.29, 0.717) is 24.8 Å². The van der Waals surface area contributed by atoms with Crippen LogP contribution in [0.4, 0.5) is 8.78 Å². The number of carbonyl (C=O) groups excluding carboxylic acids is 2. The Bertz CT molecular complexity index is 635. The molecule has 3 atom stereocenters. The summed E-state index contributed by atoms with van der Waals surface area (Å²) in [5.74, 6) is -0.708. The first-order valence-electron chi connectivity index (χ1n) is 7.90. The Hall–Kier alpha value is -1.98. The molecule has 4 nitrogen and oxygen atoms in total. The maximum atomic E-state index is 13.7. The highest BCUT2D eigenvalue weighted by molar-refractivity contribution is 5.79.